The van der Waals surface area contributed by atoms with Crippen molar-refractivity contribution in [2.45, 2.75) is 64.6 Å². The summed E-state index contributed by atoms with van der Waals surface area (Å²) in [7, 11) is 1.59. The van der Waals surface area contributed by atoms with Crippen LogP contribution in [0.3, 0.4) is 0 Å². The van der Waals surface area contributed by atoms with Crippen molar-refractivity contribution in [1.82, 2.24) is 0 Å². The lowest BCUT2D eigenvalue weighted by molar-refractivity contribution is -0.174. The van der Waals surface area contributed by atoms with Crippen LogP contribution in [0.15, 0.2) is 54.6 Å². The third-order valence-corrected chi connectivity index (χ3v) is 5.94. The smallest absolute Gasteiger partial charge is 0.343 e. The van der Waals surface area contributed by atoms with E-state index in [9.17, 15) is 4.79 Å². The molecule has 0 radical (unpaired) electrons. The maximum Gasteiger partial charge on any atom is 0.343 e. The molecule has 0 heterocycles. The molecule has 3 nitrogen and oxygen atoms in total. The highest BCUT2D eigenvalue weighted by molar-refractivity contribution is 6.10. The monoisotopic (exact) mass is 392 g/mol. The van der Waals surface area contributed by atoms with Gasteiger partial charge in [-0.3, -0.25) is 0 Å². The average Bonchev–Trinajstić information content (AvgIpc) is 2.77. The van der Waals surface area contributed by atoms with Gasteiger partial charge in [0.05, 0.1) is 0 Å². The minimum Gasteiger partial charge on any atom is -0.460 e. The van der Waals surface area contributed by atoms with Crippen molar-refractivity contribution in [1.29, 1.82) is 0 Å². The summed E-state index contributed by atoms with van der Waals surface area (Å²) in [5, 5.41) is 4.40. The quantitative estimate of drug-likeness (QED) is 0.229. The van der Waals surface area contributed by atoms with Crippen LogP contribution in [0.4, 0.5) is 0 Å². The maximum absolute atomic E-state index is 13.3. The minimum atomic E-state index is -1.16. The van der Waals surface area contributed by atoms with Crippen molar-refractivity contribution in [3.05, 3.63) is 60.2 Å². The number of hydrogen-bond donors (Lipinski definition) is 0. The molecule has 0 aromatic heterocycles. The van der Waals surface area contributed by atoms with E-state index in [1.54, 1.807) is 7.11 Å². The molecule has 3 rings (SSSR count). The first-order valence-corrected chi connectivity index (χ1v) is 10.7. The summed E-state index contributed by atoms with van der Waals surface area (Å²) >= 11 is 0. The van der Waals surface area contributed by atoms with Gasteiger partial charge in [0.1, 0.15) is 6.10 Å². The second-order valence-electron chi connectivity index (χ2n) is 7.86. The molecule has 0 saturated carbocycles. The normalized spacial score (nSPS) is 14.6. The van der Waals surface area contributed by atoms with E-state index in [2.05, 4.69) is 44.2 Å². The fraction of sp³-hybridized carbons (Fsp3) is 0.423. The second kappa shape index (κ2) is 9.41. The fourth-order valence-electron chi connectivity index (χ4n) is 3.98. The topological polar surface area (TPSA) is 35.5 Å². The molecular formula is C26H32O3. The van der Waals surface area contributed by atoms with Gasteiger partial charge in [-0.05, 0) is 53.8 Å². The van der Waals surface area contributed by atoms with Crippen LogP contribution in [0.1, 0.15) is 58.4 Å². The Morgan fingerprint density at radius 3 is 2.28 bits per heavy atom. The van der Waals surface area contributed by atoms with Crippen LogP contribution in [0.5, 0.6) is 0 Å². The number of methoxy groups -OCH3 is 1. The number of rotatable bonds is 9. The number of hydrogen-bond acceptors (Lipinski definition) is 3. The van der Waals surface area contributed by atoms with E-state index in [0.717, 1.165) is 53.8 Å². The molecule has 0 aliphatic heterocycles. The molecule has 0 bridgehead atoms. The molecule has 0 aliphatic carbocycles. The summed E-state index contributed by atoms with van der Waals surface area (Å²) in [6, 6.07) is 18.5. The highest BCUT2D eigenvalue weighted by atomic mass is 16.6. The SMILES string of the molecule is CCCCC[C@@H](CC)OC(=O)[C@@](C)(OC)c1cc2ccccc2c2ccccc12. The Kier molecular flexibility index (Phi) is 6.92. The second-order valence-corrected chi connectivity index (χ2v) is 7.86. The lowest BCUT2D eigenvalue weighted by atomic mass is 9.87. The summed E-state index contributed by atoms with van der Waals surface area (Å²) in [6.07, 6.45) is 5.02. The number of fused-ring (bicyclic) bond motifs is 3. The average molecular weight is 393 g/mol. The number of carbonyl (C=O) groups excluding carboxylic acids is 1. The summed E-state index contributed by atoms with van der Waals surface area (Å²) in [5.74, 6) is -0.316. The van der Waals surface area contributed by atoms with Crippen molar-refractivity contribution in [3.8, 4) is 0 Å². The van der Waals surface area contributed by atoms with Gasteiger partial charge in [0.2, 0.25) is 0 Å². The van der Waals surface area contributed by atoms with Gasteiger partial charge in [-0.15, -0.1) is 0 Å². The van der Waals surface area contributed by atoms with Gasteiger partial charge in [0.25, 0.3) is 0 Å². The van der Waals surface area contributed by atoms with Crippen LogP contribution in [-0.2, 0) is 19.9 Å². The number of esters is 1. The van der Waals surface area contributed by atoms with E-state index in [1.165, 1.54) is 5.39 Å². The van der Waals surface area contributed by atoms with Gasteiger partial charge < -0.3 is 9.47 Å². The van der Waals surface area contributed by atoms with Gasteiger partial charge in [0.15, 0.2) is 5.60 Å². The molecule has 0 aliphatic rings. The van der Waals surface area contributed by atoms with E-state index in [1.807, 2.05) is 31.2 Å². The molecule has 0 unspecified atom stereocenters. The molecule has 0 N–H and O–H groups in total. The van der Waals surface area contributed by atoms with Crippen molar-refractivity contribution >= 4 is 27.5 Å². The number of carbonyl (C=O) groups is 1. The third kappa shape index (κ3) is 4.30. The predicted octanol–water partition coefficient (Wildman–Crippen LogP) is 6.76. The largest absolute Gasteiger partial charge is 0.460 e. The Balaban J connectivity index is 2.03. The lowest BCUT2D eigenvalue weighted by Crippen LogP contribution is -2.38. The number of unbranched alkanes of at least 4 members (excludes halogenated alkanes) is 2. The Morgan fingerprint density at radius 1 is 0.966 bits per heavy atom. The highest BCUT2D eigenvalue weighted by Gasteiger charge is 2.39. The van der Waals surface area contributed by atoms with E-state index in [0.29, 0.717) is 0 Å². The molecule has 0 saturated heterocycles. The van der Waals surface area contributed by atoms with E-state index >= 15 is 0 Å². The van der Waals surface area contributed by atoms with Crippen molar-refractivity contribution in [2.75, 3.05) is 7.11 Å². The first-order chi connectivity index (χ1) is 14.0. The Morgan fingerprint density at radius 2 is 1.62 bits per heavy atom. The van der Waals surface area contributed by atoms with Crippen LogP contribution in [0, 0.1) is 0 Å². The van der Waals surface area contributed by atoms with Crippen LogP contribution >= 0.6 is 0 Å². The van der Waals surface area contributed by atoms with Crippen molar-refractivity contribution < 1.29 is 14.3 Å². The van der Waals surface area contributed by atoms with E-state index in [4.69, 9.17) is 9.47 Å². The molecule has 0 amide bonds. The van der Waals surface area contributed by atoms with Gasteiger partial charge in [-0.25, -0.2) is 4.79 Å². The van der Waals surface area contributed by atoms with Crippen molar-refractivity contribution in [3.63, 3.8) is 0 Å². The Bertz CT molecular complexity index is 978. The zero-order valence-corrected chi connectivity index (χ0v) is 18.0. The first kappa shape index (κ1) is 21.3. The van der Waals surface area contributed by atoms with Crippen LogP contribution in [-0.4, -0.2) is 19.2 Å². The molecule has 3 aromatic rings. The fourth-order valence-corrected chi connectivity index (χ4v) is 3.98. The van der Waals surface area contributed by atoms with Gasteiger partial charge in [-0.2, -0.15) is 0 Å². The standard InChI is InChI=1S/C26H32O3/c1-5-7-8-14-20(6-2)29-25(27)26(3,28-4)24-18-19-13-9-10-15-21(19)22-16-11-12-17-23(22)24/h9-13,15-18,20H,5-8,14H2,1-4H3/t20-,26+/m1/s1. The summed E-state index contributed by atoms with van der Waals surface area (Å²) in [5.41, 5.74) is -0.315. The minimum absolute atomic E-state index is 0.0738. The molecular weight excluding hydrogens is 360 g/mol. The molecule has 2 atom stereocenters. The molecule has 0 spiro atoms. The van der Waals surface area contributed by atoms with Crippen LogP contribution < -0.4 is 0 Å². The van der Waals surface area contributed by atoms with E-state index < -0.39 is 5.60 Å². The van der Waals surface area contributed by atoms with E-state index in [-0.39, 0.29) is 12.1 Å². The predicted molar refractivity (Wildman–Crippen MR) is 120 cm³/mol. The zero-order valence-electron chi connectivity index (χ0n) is 18.0. The molecule has 3 aromatic carbocycles. The third-order valence-electron chi connectivity index (χ3n) is 5.94. The van der Waals surface area contributed by atoms with Crippen molar-refractivity contribution in [2.24, 2.45) is 0 Å². The van der Waals surface area contributed by atoms with Gasteiger partial charge >= 0.3 is 5.97 Å². The maximum atomic E-state index is 13.3. The molecule has 29 heavy (non-hydrogen) atoms. The highest BCUT2D eigenvalue weighted by Crippen LogP contribution is 2.37. The van der Waals surface area contributed by atoms with Crippen LogP contribution in [0.25, 0.3) is 21.5 Å². The zero-order chi connectivity index (χ0) is 20.9. The number of ether oxygens (including phenoxy) is 2. The summed E-state index contributed by atoms with van der Waals surface area (Å²) < 4.78 is 11.8. The Hall–Kier alpha value is -2.39. The van der Waals surface area contributed by atoms with Crippen LogP contribution in [0.2, 0.25) is 0 Å². The first-order valence-electron chi connectivity index (χ1n) is 10.7. The van der Waals surface area contributed by atoms with Gasteiger partial charge in [-0.1, -0.05) is 75.2 Å². The Labute approximate surface area is 174 Å². The van der Waals surface area contributed by atoms with Gasteiger partial charge in [0, 0.05) is 12.7 Å². The molecule has 154 valence electrons. The molecule has 0 fully saturated rings. The lowest BCUT2D eigenvalue weighted by Gasteiger charge is -2.30. The summed E-state index contributed by atoms with van der Waals surface area (Å²) in [4.78, 5) is 13.3. The summed E-state index contributed by atoms with van der Waals surface area (Å²) in [6.45, 7) is 6.07. The molecule has 3 heteroatoms. The number of benzene rings is 3.